The SMILES string of the molecule is C=CCN/C(C)=C(/CCNCc1ccc(/C=C/C(=O)NO)cc1)C(=C)/C=C\C. The van der Waals surface area contributed by atoms with Crippen molar-refractivity contribution in [1.29, 1.82) is 0 Å². The third-order valence-corrected chi connectivity index (χ3v) is 4.12. The molecule has 1 aromatic carbocycles. The molecule has 1 aromatic rings. The Hall–Kier alpha value is -2.89. The Balaban J connectivity index is 2.58. The summed E-state index contributed by atoms with van der Waals surface area (Å²) < 4.78 is 0. The van der Waals surface area contributed by atoms with Crippen molar-refractivity contribution in [2.75, 3.05) is 13.1 Å². The first-order valence-electron chi connectivity index (χ1n) is 9.30. The zero-order valence-corrected chi connectivity index (χ0v) is 16.8. The summed E-state index contributed by atoms with van der Waals surface area (Å²) in [5.74, 6) is -0.549. The average molecular weight is 382 g/mol. The van der Waals surface area contributed by atoms with E-state index in [1.807, 2.05) is 49.4 Å². The highest BCUT2D eigenvalue weighted by Gasteiger charge is 2.05. The van der Waals surface area contributed by atoms with E-state index in [1.54, 1.807) is 11.6 Å². The van der Waals surface area contributed by atoms with Gasteiger partial charge in [-0.3, -0.25) is 10.0 Å². The number of carbonyl (C=O) groups is 1. The number of hydroxylamine groups is 1. The predicted octanol–water partition coefficient (Wildman–Crippen LogP) is 3.87. The Bertz CT molecular complexity index is 744. The van der Waals surface area contributed by atoms with Crippen molar-refractivity contribution in [3.8, 4) is 0 Å². The van der Waals surface area contributed by atoms with Crippen molar-refractivity contribution in [3.05, 3.63) is 89.7 Å². The number of rotatable bonds is 12. The maximum Gasteiger partial charge on any atom is 0.267 e. The standard InChI is InChI=1S/C23H31N3O2/c1-5-7-18(3)22(19(4)25-15-6-2)14-16-24-17-21-10-8-20(9-11-21)12-13-23(27)26-28/h5-13,24-25,28H,2-3,14-17H2,1,4H3,(H,26,27)/b7-5-,13-12+,22-19-. The molecule has 1 rings (SSSR count). The fourth-order valence-corrected chi connectivity index (χ4v) is 2.62. The van der Waals surface area contributed by atoms with Crippen molar-refractivity contribution in [3.63, 3.8) is 0 Å². The Kier molecular flexibility index (Phi) is 11.0. The van der Waals surface area contributed by atoms with Crippen molar-refractivity contribution in [1.82, 2.24) is 16.1 Å². The van der Waals surface area contributed by atoms with Crippen LogP contribution >= 0.6 is 0 Å². The fourth-order valence-electron chi connectivity index (χ4n) is 2.62. The second-order valence-corrected chi connectivity index (χ2v) is 6.28. The van der Waals surface area contributed by atoms with Crippen molar-refractivity contribution < 1.29 is 10.0 Å². The van der Waals surface area contributed by atoms with Gasteiger partial charge in [-0.25, -0.2) is 5.48 Å². The van der Waals surface area contributed by atoms with Crippen LogP contribution in [0.5, 0.6) is 0 Å². The lowest BCUT2D eigenvalue weighted by Gasteiger charge is -2.15. The van der Waals surface area contributed by atoms with Crippen LogP contribution in [0.1, 0.15) is 31.4 Å². The van der Waals surface area contributed by atoms with Crippen LogP contribution in [0.25, 0.3) is 6.08 Å². The second kappa shape index (κ2) is 13.3. The molecule has 0 unspecified atom stereocenters. The molecular formula is C23H31N3O2. The van der Waals surface area contributed by atoms with Gasteiger partial charge in [-0.2, -0.15) is 0 Å². The molecule has 0 saturated heterocycles. The minimum absolute atomic E-state index is 0.549. The Labute approximate surface area is 168 Å². The summed E-state index contributed by atoms with van der Waals surface area (Å²) >= 11 is 0. The molecule has 0 aliphatic rings. The summed E-state index contributed by atoms with van der Waals surface area (Å²) in [6, 6.07) is 7.88. The summed E-state index contributed by atoms with van der Waals surface area (Å²) in [6.07, 6.45) is 9.66. The van der Waals surface area contributed by atoms with Gasteiger partial charge in [0.1, 0.15) is 0 Å². The van der Waals surface area contributed by atoms with E-state index in [4.69, 9.17) is 5.21 Å². The number of nitrogens with one attached hydrogen (secondary N) is 3. The molecule has 0 fully saturated rings. The molecule has 28 heavy (non-hydrogen) atoms. The molecule has 0 spiro atoms. The van der Waals surface area contributed by atoms with Crippen LogP contribution in [-0.4, -0.2) is 24.2 Å². The van der Waals surface area contributed by atoms with E-state index in [0.717, 1.165) is 48.5 Å². The van der Waals surface area contributed by atoms with Crippen LogP contribution < -0.4 is 16.1 Å². The normalized spacial score (nSPS) is 12.1. The third kappa shape index (κ3) is 8.66. The summed E-state index contributed by atoms with van der Waals surface area (Å²) in [6.45, 7) is 14.3. The highest BCUT2D eigenvalue weighted by Crippen LogP contribution is 2.17. The largest absolute Gasteiger partial charge is 0.385 e. The van der Waals surface area contributed by atoms with Crippen LogP contribution in [0.3, 0.4) is 0 Å². The molecule has 0 bridgehead atoms. The highest BCUT2D eigenvalue weighted by atomic mass is 16.5. The molecule has 4 N–H and O–H groups in total. The molecule has 5 nitrogen and oxygen atoms in total. The van der Waals surface area contributed by atoms with Gasteiger partial charge in [-0.05, 0) is 55.2 Å². The lowest BCUT2D eigenvalue weighted by atomic mass is 10.0. The van der Waals surface area contributed by atoms with Gasteiger partial charge in [0, 0.05) is 24.9 Å². The van der Waals surface area contributed by atoms with Crippen LogP contribution in [-0.2, 0) is 11.3 Å². The molecule has 0 aromatic heterocycles. The Morgan fingerprint density at radius 3 is 2.54 bits per heavy atom. The predicted molar refractivity (Wildman–Crippen MR) is 117 cm³/mol. The summed E-state index contributed by atoms with van der Waals surface area (Å²) in [7, 11) is 0. The maximum atomic E-state index is 11.0. The van der Waals surface area contributed by atoms with Crippen molar-refractivity contribution >= 4 is 12.0 Å². The van der Waals surface area contributed by atoms with Gasteiger partial charge >= 0.3 is 0 Å². The molecule has 5 heteroatoms. The first-order valence-corrected chi connectivity index (χ1v) is 9.30. The summed E-state index contributed by atoms with van der Waals surface area (Å²) in [4.78, 5) is 11.0. The quantitative estimate of drug-likeness (QED) is 0.111. The van der Waals surface area contributed by atoms with E-state index in [9.17, 15) is 4.79 Å². The van der Waals surface area contributed by atoms with E-state index < -0.39 is 5.91 Å². The number of benzene rings is 1. The van der Waals surface area contributed by atoms with Crippen LogP contribution in [0, 0.1) is 0 Å². The third-order valence-electron chi connectivity index (χ3n) is 4.12. The van der Waals surface area contributed by atoms with Gasteiger partial charge in [-0.15, -0.1) is 6.58 Å². The molecule has 150 valence electrons. The molecular weight excluding hydrogens is 350 g/mol. The second-order valence-electron chi connectivity index (χ2n) is 6.28. The number of hydrogen-bond acceptors (Lipinski definition) is 4. The molecule has 0 atom stereocenters. The monoisotopic (exact) mass is 381 g/mol. The fraction of sp³-hybridized carbons (Fsp3) is 0.261. The summed E-state index contributed by atoms with van der Waals surface area (Å²) in [5.41, 5.74) is 6.95. The maximum absolute atomic E-state index is 11.0. The number of amides is 1. The van der Waals surface area contributed by atoms with E-state index in [0.29, 0.717) is 0 Å². The molecule has 0 aliphatic heterocycles. The zero-order valence-electron chi connectivity index (χ0n) is 16.8. The van der Waals surface area contributed by atoms with Gasteiger partial charge in [0.2, 0.25) is 0 Å². The lowest BCUT2D eigenvalue weighted by molar-refractivity contribution is -0.124. The highest BCUT2D eigenvalue weighted by molar-refractivity contribution is 5.90. The lowest BCUT2D eigenvalue weighted by Crippen LogP contribution is -2.18. The summed E-state index contributed by atoms with van der Waals surface area (Å²) in [5, 5.41) is 15.3. The van der Waals surface area contributed by atoms with Crippen molar-refractivity contribution in [2.24, 2.45) is 0 Å². The van der Waals surface area contributed by atoms with E-state index >= 15 is 0 Å². The first-order chi connectivity index (χ1) is 13.5. The Morgan fingerprint density at radius 2 is 1.93 bits per heavy atom. The van der Waals surface area contributed by atoms with Gasteiger partial charge < -0.3 is 10.6 Å². The zero-order chi connectivity index (χ0) is 20.8. The topological polar surface area (TPSA) is 73.4 Å². The van der Waals surface area contributed by atoms with E-state index in [2.05, 4.69) is 30.7 Å². The minimum atomic E-state index is -0.549. The molecule has 0 saturated carbocycles. The number of allylic oxidation sites excluding steroid dienone is 4. The van der Waals surface area contributed by atoms with Gasteiger partial charge in [-0.1, -0.05) is 49.1 Å². The minimum Gasteiger partial charge on any atom is -0.385 e. The Morgan fingerprint density at radius 1 is 1.21 bits per heavy atom. The first kappa shape index (κ1) is 23.1. The molecule has 0 radical (unpaired) electrons. The van der Waals surface area contributed by atoms with Gasteiger partial charge in [0.15, 0.2) is 0 Å². The van der Waals surface area contributed by atoms with E-state index in [1.165, 1.54) is 11.6 Å². The number of hydrogen-bond donors (Lipinski definition) is 4. The molecule has 0 aliphatic carbocycles. The van der Waals surface area contributed by atoms with Gasteiger partial charge in [0.25, 0.3) is 5.91 Å². The van der Waals surface area contributed by atoms with Crippen molar-refractivity contribution in [2.45, 2.75) is 26.8 Å². The van der Waals surface area contributed by atoms with Crippen LogP contribution in [0.2, 0.25) is 0 Å². The van der Waals surface area contributed by atoms with Crippen LogP contribution in [0.4, 0.5) is 0 Å². The molecule has 0 heterocycles. The smallest absolute Gasteiger partial charge is 0.267 e. The van der Waals surface area contributed by atoms with Crippen LogP contribution in [0.15, 0.2) is 78.6 Å². The number of carbonyl (C=O) groups excluding carboxylic acids is 1. The van der Waals surface area contributed by atoms with E-state index in [-0.39, 0.29) is 0 Å². The molecule has 1 amide bonds. The van der Waals surface area contributed by atoms with Gasteiger partial charge in [0.05, 0.1) is 0 Å². The average Bonchev–Trinajstić information content (AvgIpc) is 2.71.